The molecule has 0 bridgehead atoms. The van der Waals surface area contributed by atoms with Gasteiger partial charge < -0.3 is 14.1 Å². The van der Waals surface area contributed by atoms with Gasteiger partial charge >= 0.3 is 6.01 Å². The lowest BCUT2D eigenvalue weighted by molar-refractivity contribution is 0.0689. The highest BCUT2D eigenvalue weighted by Crippen LogP contribution is 2.28. The molecular formula is C21H32N6O2. The van der Waals surface area contributed by atoms with E-state index in [-0.39, 0.29) is 0 Å². The zero-order valence-corrected chi connectivity index (χ0v) is 18.0. The molecule has 0 spiro atoms. The molecule has 0 aromatic carbocycles. The van der Waals surface area contributed by atoms with E-state index in [1.54, 1.807) is 13.3 Å². The smallest absolute Gasteiger partial charge is 0.318 e. The van der Waals surface area contributed by atoms with Gasteiger partial charge in [0.2, 0.25) is 0 Å². The Labute approximate surface area is 172 Å². The normalized spacial score (nSPS) is 19.8. The lowest BCUT2D eigenvalue weighted by Gasteiger charge is -2.43. The molecule has 8 nitrogen and oxygen atoms in total. The summed E-state index contributed by atoms with van der Waals surface area (Å²) in [5.41, 5.74) is 1.62. The average Bonchev–Trinajstić information content (AvgIpc) is 3.24. The number of hydrogen-bond acceptors (Lipinski definition) is 8. The largest absolute Gasteiger partial charge is 0.495 e. The number of pyridine rings is 1. The Morgan fingerprint density at radius 2 is 1.79 bits per heavy atom. The number of rotatable bonds is 5. The minimum absolute atomic E-state index is 0.484. The van der Waals surface area contributed by atoms with Gasteiger partial charge in [0.05, 0.1) is 18.4 Å². The van der Waals surface area contributed by atoms with Gasteiger partial charge in [0.1, 0.15) is 5.75 Å². The summed E-state index contributed by atoms with van der Waals surface area (Å²) in [4.78, 5) is 11.8. The summed E-state index contributed by atoms with van der Waals surface area (Å²) in [6.45, 7) is 13.1. The second kappa shape index (κ2) is 8.67. The van der Waals surface area contributed by atoms with Gasteiger partial charge in [-0.15, -0.1) is 5.10 Å². The lowest BCUT2D eigenvalue weighted by atomic mass is 10.0. The highest BCUT2D eigenvalue weighted by atomic mass is 16.5. The summed E-state index contributed by atoms with van der Waals surface area (Å²) in [5, 5.41) is 8.51. The first kappa shape index (κ1) is 20.1. The summed E-state index contributed by atoms with van der Waals surface area (Å²) in [7, 11) is 1.64. The van der Waals surface area contributed by atoms with Gasteiger partial charge in [-0.3, -0.25) is 14.8 Å². The van der Waals surface area contributed by atoms with Crippen LogP contribution in [0.15, 0.2) is 16.7 Å². The van der Waals surface area contributed by atoms with Crippen LogP contribution in [-0.2, 0) is 0 Å². The molecule has 2 aromatic heterocycles. The van der Waals surface area contributed by atoms with Gasteiger partial charge in [-0.25, -0.2) is 0 Å². The Bertz CT molecular complexity index is 807. The van der Waals surface area contributed by atoms with E-state index < -0.39 is 0 Å². The van der Waals surface area contributed by atoms with E-state index in [1.165, 1.54) is 26.2 Å². The molecule has 158 valence electrons. The van der Waals surface area contributed by atoms with E-state index in [9.17, 15) is 0 Å². The first-order valence-corrected chi connectivity index (χ1v) is 10.6. The van der Waals surface area contributed by atoms with Gasteiger partial charge in [-0.1, -0.05) is 5.10 Å². The maximum absolute atomic E-state index is 5.96. The third-order valence-electron chi connectivity index (χ3n) is 6.25. The van der Waals surface area contributed by atoms with Crippen LogP contribution in [0.1, 0.15) is 32.4 Å². The molecule has 0 atom stereocenters. The van der Waals surface area contributed by atoms with Crippen LogP contribution in [-0.4, -0.2) is 83.4 Å². The quantitative estimate of drug-likeness (QED) is 0.758. The van der Waals surface area contributed by atoms with Crippen molar-refractivity contribution in [3.05, 3.63) is 18.0 Å². The summed E-state index contributed by atoms with van der Waals surface area (Å²) >= 11 is 0. The van der Waals surface area contributed by atoms with Crippen molar-refractivity contribution in [2.45, 2.75) is 45.7 Å². The maximum Gasteiger partial charge on any atom is 0.318 e. The molecule has 2 fully saturated rings. The number of methoxy groups -OCH3 is 1. The summed E-state index contributed by atoms with van der Waals surface area (Å²) in [5.74, 6) is 1.21. The molecule has 29 heavy (non-hydrogen) atoms. The summed E-state index contributed by atoms with van der Waals surface area (Å²) in [6, 6.07) is 3.80. The Morgan fingerprint density at radius 1 is 1.07 bits per heavy atom. The van der Waals surface area contributed by atoms with Crippen LogP contribution in [0.4, 0.5) is 6.01 Å². The second-order valence-corrected chi connectivity index (χ2v) is 8.29. The third-order valence-corrected chi connectivity index (χ3v) is 6.25. The Balaban J connectivity index is 1.34. The minimum atomic E-state index is 0.484. The summed E-state index contributed by atoms with van der Waals surface area (Å²) in [6.07, 6.45) is 4.02. The number of aryl methyl sites for hydroxylation is 1. The van der Waals surface area contributed by atoms with Crippen LogP contribution in [0.2, 0.25) is 0 Å². The van der Waals surface area contributed by atoms with Crippen molar-refractivity contribution in [1.82, 2.24) is 25.0 Å². The minimum Gasteiger partial charge on any atom is -0.495 e. The standard InChI is InChI=1S/C21H32N6O2/c1-15(2)25-9-11-26(12-10-25)18-5-7-27(8-6-18)21-24-23-20(29-21)17-13-19(28-4)16(3)22-14-17/h13-15,18H,5-12H2,1-4H3. The van der Waals surface area contributed by atoms with Gasteiger partial charge in [0.25, 0.3) is 5.89 Å². The van der Waals surface area contributed by atoms with E-state index in [1.807, 2.05) is 13.0 Å². The first-order valence-electron chi connectivity index (χ1n) is 10.6. The lowest BCUT2D eigenvalue weighted by Crippen LogP contribution is -2.54. The number of hydrogen-bond donors (Lipinski definition) is 0. The van der Waals surface area contributed by atoms with Crippen LogP contribution in [0.5, 0.6) is 5.75 Å². The second-order valence-electron chi connectivity index (χ2n) is 8.29. The Hall–Kier alpha value is -2.19. The zero-order valence-electron chi connectivity index (χ0n) is 18.0. The highest BCUT2D eigenvalue weighted by Gasteiger charge is 2.29. The monoisotopic (exact) mass is 400 g/mol. The SMILES string of the molecule is COc1cc(-c2nnc(N3CCC(N4CCN(C(C)C)CC4)CC3)o2)cnc1C. The topological polar surface area (TPSA) is 70.8 Å². The highest BCUT2D eigenvalue weighted by molar-refractivity contribution is 5.55. The van der Waals surface area contributed by atoms with Crippen LogP contribution in [0.3, 0.4) is 0 Å². The molecule has 4 heterocycles. The molecule has 0 saturated carbocycles. The van der Waals surface area contributed by atoms with Gasteiger partial charge in [-0.05, 0) is 39.7 Å². The van der Waals surface area contributed by atoms with Crippen molar-refractivity contribution >= 4 is 6.01 Å². The number of ether oxygens (including phenoxy) is 1. The molecule has 0 aliphatic carbocycles. The third kappa shape index (κ3) is 4.38. The van der Waals surface area contributed by atoms with Crippen LogP contribution >= 0.6 is 0 Å². The van der Waals surface area contributed by atoms with Crippen molar-refractivity contribution in [2.75, 3.05) is 51.3 Å². The molecule has 0 N–H and O–H groups in total. The van der Waals surface area contributed by atoms with Crippen LogP contribution < -0.4 is 9.64 Å². The first-order chi connectivity index (χ1) is 14.0. The van der Waals surface area contributed by atoms with Gasteiger partial charge in [-0.2, -0.15) is 0 Å². The molecule has 4 rings (SSSR count). The van der Waals surface area contributed by atoms with E-state index in [0.717, 1.165) is 42.9 Å². The molecule has 0 radical (unpaired) electrons. The maximum atomic E-state index is 5.96. The molecular weight excluding hydrogens is 368 g/mol. The number of anilines is 1. The van der Waals surface area contributed by atoms with Crippen molar-refractivity contribution in [1.29, 1.82) is 0 Å². The van der Waals surface area contributed by atoms with Gasteiger partial charge in [0.15, 0.2) is 0 Å². The fourth-order valence-electron chi connectivity index (χ4n) is 4.34. The van der Waals surface area contributed by atoms with Crippen LogP contribution in [0.25, 0.3) is 11.5 Å². The predicted molar refractivity (Wildman–Crippen MR) is 112 cm³/mol. The molecule has 2 aliphatic heterocycles. The fourth-order valence-corrected chi connectivity index (χ4v) is 4.34. The molecule has 0 unspecified atom stereocenters. The Kier molecular flexibility index (Phi) is 6.01. The number of piperidine rings is 1. The van der Waals surface area contributed by atoms with Crippen molar-refractivity contribution in [3.63, 3.8) is 0 Å². The van der Waals surface area contributed by atoms with Crippen molar-refractivity contribution in [3.8, 4) is 17.2 Å². The molecule has 2 saturated heterocycles. The van der Waals surface area contributed by atoms with E-state index in [4.69, 9.17) is 9.15 Å². The molecule has 2 aromatic rings. The van der Waals surface area contributed by atoms with Crippen molar-refractivity contribution in [2.24, 2.45) is 0 Å². The number of nitrogens with zero attached hydrogens (tertiary/aromatic N) is 6. The average molecular weight is 401 g/mol. The van der Waals surface area contributed by atoms with E-state index in [2.05, 4.69) is 43.7 Å². The van der Waals surface area contributed by atoms with Gasteiger partial charge in [0, 0.05) is 57.5 Å². The van der Waals surface area contributed by atoms with Crippen molar-refractivity contribution < 1.29 is 9.15 Å². The molecule has 0 amide bonds. The fraction of sp³-hybridized carbons (Fsp3) is 0.667. The van der Waals surface area contributed by atoms with E-state index in [0.29, 0.717) is 24.0 Å². The predicted octanol–water partition coefficient (Wildman–Crippen LogP) is 2.44. The Morgan fingerprint density at radius 3 is 2.45 bits per heavy atom. The van der Waals surface area contributed by atoms with E-state index >= 15 is 0 Å². The summed E-state index contributed by atoms with van der Waals surface area (Å²) < 4.78 is 11.3. The number of aromatic nitrogens is 3. The molecule has 2 aliphatic rings. The van der Waals surface area contributed by atoms with Crippen LogP contribution in [0, 0.1) is 6.92 Å². The number of piperazine rings is 1. The molecule has 8 heteroatoms. The zero-order chi connectivity index (χ0) is 20.4.